The summed E-state index contributed by atoms with van der Waals surface area (Å²) in [6.07, 6.45) is 0. The normalized spacial score (nSPS) is 10.7. The average molecular weight is 354 g/mol. The maximum absolute atomic E-state index is 13.8. The number of rotatable bonds is 4. The van der Waals surface area contributed by atoms with Crippen molar-refractivity contribution in [2.75, 3.05) is 0 Å². The van der Waals surface area contributed by atoms with E-state index in [-0.39, 0.29) is 23.1 Å². The Hall–Kier alpha value is -1.95. The molecule has 2 aromatic rings. The van der Waals surface area contributed by atoms with Crippen LogP contribution >= 0.6 is 15.9 Å². The van der Waals surface area contributed by atoms with Gasteiger partial charge in [-0.2, -0.15) is 0 Å². The van der Waals surface area contributed by atoms with E-state index in [9.17, 15) is 9.18 Å². The largest absolute Gasteiger partial charge is 0.478 e. The van der Waals surface area contributed by atoms with Crippen LogP contribution in [0, 0.1) is 5.82 Å². The molecule has 1 aromatic heterocycles. The predicted octanol–water partition coefficient (Wildman–Crippen LogP) is 4.60. The summed E-state index contributed by atoms with van der Waals surface area (Å²) >= 11 is 3.15. The summed E-state index contributed by atoms with van der Waals surface area (Å²) in [7, 11) is 0. The number of carboxylic acids is 1. The van der Waals surface area contributed by atoms with Gasteiger partial charge in [-0.25, -0.2) is 14.2 Å². The molecule has 1 N–H and O–H groups in total. The Labute approximate surface area is 129 Å². The van der Waals surface area contributed by atoms with Crippen LogP contribution in [0.25, 0.3) is 0 Å². The first-order chi connectivity index (χ1) is 9.86. The van der Waals surface area contributed by atoms with E-state index in [0.717, 1.165) is 0 Å². The third-order valence-electron chi connectivity index (χ3n) is 2.77. The molecule has 0 aliphatic heterocycles. The fourth-order valence-electron chi connectivity index (χ4n) is 1.67. The third-order valence-corrected chi connectivity index (χ3v) is 3.26. The molecule has 0 spiro atoms. The van der Waals surface area contributed by atoms with E-state index in [0.29, 0.717) is 10.2 Å². The van der Waals surface area contributed by atoms with Gasteiger partial charge < -0.3 is 9.84 Å². The number of pyridine rings is 1. The fourth-order valence-corrected chi connectivity index (χ4v) is 2.00. The number of ether oxygens (including phenoxy) is 1. The van der Waals surface area contributed by atoms with Gasteiger partial charge in [0.05, 0.1) is 5.56 Å². The van der Waals surface area contributed by atoms with Gasteiger partial charge in [0.2, 0.25) is 5.88 Å². The van der Waals surface area contributed by atoms with Crippen LogP contribution in [0.15, 0.2) is 34.8 Å². The highest BCUT2D eigenvalue weighted by Gasteiger charge is 2.13. The molecule has 0 fully saturated rings. The van der Waals surface area contributed by atoms with E-state index >= 15 is 0 Å². The first kappa shape index (κ1) is 15.4. The lowest BCUT2D eigenvalue weighted by atomic mass is 10.1. The SMILES string of the molecule is CC(C)c1cc(C(=O)O)cc(Oc2ccc(Br)cc2F)n1. The van der Waals surface area contributed by atoms with Crippen molar-refractivity contribution >= 4 is 21.9 Å². The number of hydrogen-bond acceptors (Lipinski definition) is 3. The summed E-state index contributed by atoms with van der Waals surface area (Å²) in [6.45, 7) is 3.77. The minimum Gasteiger partial charge on any atom is -0.478 e. The standard InChI is InChI=1S/C15H13BrFNO3/c1-8(2)12-5-9(15(19)20)6-14(18-12)21-13-4-3-10(16)7-11(13)17/h3-8H,1-2H3,(H,19,20). The van der Waals surface area contributed by atoms with Crippen LogP contribution in [0.3, 0.4) is 0 Å². The van der Waals surface area contributed by atoms with Gasteiger partial charge in [-0.05, 0) is 30.2 Å². The molecular formula is C15H13BrFNO3. The summed E-state index contributed by atoms with van der Waals surface area (Å²) in [5.74, 6) is -1.57. The van der Waals surface area contributed by atoms with E-state index in [4.69, 9.17) is 9.84 Å². The second kappa shape index (κ2) is 6.22. The van der Waals surface area contributed by atoms with Crippen LogP contribution in [-0.2, 0) is 0 Å². The Morgan fingerprint density at radius 2 is 2.05 bits per heavy atom. The van der Waals surface area contributed by atoms with Gasteiger partial charge in [0.25, 0.3) is 0 Å². The molecule has 0 saturated heterocycles. The molecule has 0 aliphatic rings. The highest BCUT2D eigenvalue weighted by molar-refractivity contribution is 9.10. The van der Waals surface area contributed by atoms with Crippen molar-refractivity contribution in [3.8, 4) is 11.6 Å². The second-order valence-corrected chi connectivity index (χ2v) is 5.67. The summed E-state index contributed by atoms with van der Waals surface area (Å²) in [4.78, 5) is 15.3. The number of carbonyl (C=O) groups is 1. The minimum absolute atomic E-state index is 0.0112. The van der Waals surface area contributed by atoms with Crippen molar-refractivity contribution in [1.29, 1.82) is 0 Å². The van der Waals surface area contributed by atoms with E-state index < -0.39 is 11.8 Å². The topological polar surface area (TPSA) is 59.4 Å². The Kier molecular flexibility index (Phi) is 4.57. The van der Waals surface area contributed by atoms with Gasteiger partial charge in [-0.3, -0.25) is 0 Å². The van der Waals surface area contributed by atoms with Crippen molar-refractivity contribution in [3.05, 3.63) is 51.9 Å². The van der Waals surface area contributed by atoms with Gasteiger partial charge in [0.15, 0.2) is 11.6 Å². The lowest BCUT2D eigenvalue weighted by molar-refractivity contribution is 0.0696. The van der Waals surface area contributed by atoms with Crippen molar-refractivity contribution in [3.63, 3.8) is 0 Å². The van der Waals surface area contributed by atoms with E-state index in [1.165, 1.54) is 24.3 Å². The maximum atomic E-state index is 13.8. The van der Waals surface area contributed by atoms with Gasteiger partial charge >= 0.3 is 5.97 Å². The first-order valence-corrected chi connectivity index (χ1v) is 7.04. The molecule has 6 heteroatoms. The molecule has 21 heavy (non-hydrogen) atoms. The van der Waals surface area contributed by atoms with Crippen molar-refractivity contribution < 1.29 is 19.0 Å². The van der Waals surface area contributed by atoms with Crippen LogP contribution in [0.1, 0.15) is 35.8 Å². The highest BCUT2D eigenvalue weighted by atomic mass is 79.9. The minimum atomic E-state index is -1.08. The Bertz CT molecular complexity index is 689. The molecular weight excluding hydrogens is 341 g/mol. The number of aromatic nitrogens is 1. The zero-order valence-corrected chi connectivity index (χ0v) is 13.0. The molecule has 1 aromatic carbocycles. The second-order valence-electron chi connectivity index (χ2n) is 4.76. The molecule has 0 amide bonds. The molecule has 0 aliphatic carbocycles. The van der Waals surface area contributed by atoms with Gasteiger partial charge in [-0.1, -0.05) is 29.8 Å². The molecule has 2 rings (SSSR count). The zero-order valence-electron chi connectivity index (χ0n) is 11.4. The molecule has 1 heterocycles. The molecule has 0 unspecified atom stereocenters. The maximum Gasteiger partial charge on any atom is 0.335 e. The number of benzene rings is 1. The average Bonchev–Trinajstić information content (AvgIpc) is 2.41. The predicted molar refractivity (Wildman–Crippen MR) is 79.5 cm³/mol. The fraction of sp³-hybridized carbons (Fsp3) is 0.200. The first-order valence-electron chi connectivity index (χ1n) is 6.25. The Morgan fingerprint density at radius 1 is 1.33 bits per heavy atom. The summed E-state index contributed by atoms with van der Waals surface area (Å²) in [6, 6.07) is 7.10. The molecule has 110 valence electrons. The van der Waals surface area contributed by atoms with E-state index in [2.05, 4.69) is 20.9 Å². The van der Waals surface area contributed by atoms with Crippen LogP contribution in [-0.4, -0.2) is 16.1 Å². The summed E-state index contributed by atoms with van der Waals surface area (Å²) in [5, 5.41) is 9.11. The number of hydrogen-bond donors (Lipinski definition) is 1. The number of aromatic carboxylic acids is 1. The molecule has 0 atom stereocenters. The lowest BCUT2D eigenvalue weighted by Gasteiger charge is -2.11. The molecule has 4 nitrogen and oxygen atoms in total. The Balaban J connectivity index is 2.41. The number of carboxylic acid groups (broad SMARTS) is 1. The van der Waals surface area contributed by atoms with E-state index in [1.54, 1.807) is 6.07 Å². The molecule has 0 bridgehead atoms. The third kappa shape index (κ3) is 3.78. The number of halogens is 2. The number of nitrogens with zero attached hydrogens (tertiary/aromatic N) is 1. The highest BCUT2D eigenvalue weighted by Crippen LogP contribution is 2.27. The lowest BCUT2D eigenvalue weighted by Crippen LogP contribution is -2.03. The Morgan fingerprint density at radius 3 is 2.62 bits per heavy atom. The van der Waals surface area contributed by atoms with Gasteiger partial charge in [0, 0.05) is 16.2 Å². The monoisotopic (exact) mass is 353 g/mol. The molecule has 0 saturated carbocycles. The summed E-state index contributed by atoms with van der Waals surface area (Å²) < 4.78 is 19.7. The van der Waals surface area contributed by atoms with Gasteiger partial charge in [0.1, 0.15) is 0 Å². The quantitative estimate of drug-likeness (QED) is 0.872. The van der Waals surface area contributed by atoms with Crippen LogP contribution in [0.2, 0.25) is 0 Å². The van der Waals surface area contributed by atoms with Crippen molar-refractivity contribution in [2.45, 2.75) is 19.8 Å². The zero-order chi connectivity index (χ0) is 15.6. The van der Waals surface area contributed by atoms with E-state index in [1.807, 2.05) is 13.8 Å². The smallest absolute Gasteiger partial charge is 0.335 e. The summed E-state index contributed by atoms with van der Waals surface area (Å²) in [5.41, 5.74) is 0.628. The van der Waals surface area contributed by atoms with Crippen LogP contribution < -0.4 is 4.74 Å². The molecule has 0 radical (unpaired) electrons. The van der Waals surface area contributed by atoms with Crippen molar-refractivity contribution in [2.24, 2.45) is 0 Å². The van der Waals surface area contributed by atoms with Crippen LogP contribution in [0.5, 0.6) is 11.6 Å². The van der Waals surface area contributed by atoms with Crippen LogP contribution in [0.4, 0.5) is 4.39 Å². The van der Waals surface area contributed by atoms with Gasteiger partial charge in [-0.15, -0.1) is 0 Å². The van der Waals surface area contributed by atoms with Crippen molar-refractivity contribution in [1.82, 2.24) is 4.98 Å².